The van der Waals surface area contributed by atoms with Gasteiger partial charge in [-0.25, -0.2) is 13.6 Å². The highest BCUT2D eigenvalue weighted by molar-refractivity contribution is 7.99. The van der Waals surface area contributed by atoms with Crippen LogP contribution in [-0.4, -0.2) is 12.6 Å². The lowest BCUT2D eigenvalue weighted by molar-refractivity contribution is 0.0522. The largest absolute Gasteiger partial charge is 0.462 e. The third kappa shape index (κ3) is 3.72. The molecule has 2 N–H and O–H groups in total. The summed E-state index contributed by atoms with van der Waals surface area (Å²) in [5, 5.41) is 0. The van der Waals surface area contributed by atoms with Gasteiger partial charge in [0.1, 0.15) is 0 Å². The van der Waals surface area contributed by atoms with E-state index >= 15 is 0 Å². The fraction of sp³-hybridized carbons (Fsp3) is 0.133. The fourth-order valence-corrected chi connectivity index (χ4v) is 2.61. The third-order valence-corrected chi connectivity index (χ3v) is 3.68. The highest BCUT2D eigenvalue weighted by Crippen LogP contribution is 2.32. The number of ether oxygens (including phenoxy) is 1. The van der Waals surface area contributed by atoms with Gasteiger partial charge in [-0.05, 0) is 43.3 Å². The van der Waals surface area contributed by atoms with E-state index in [1.54, 1.807) is 19.1 Å². The first-order valence-corrected chi connectivity index (χ1v) is 7.02. The molecule has 3 nitrogen and oxygen atoms in total. The molecule has 0 amide bonds. The molecule has 2 rings (SSSR count). The molecule has 6 heteroatoms. The van der Waals surface area contributed by atoms with Crippen LogP contribution in [0.5, 0.6) is 0 Å². The number of nitrogen functional groups attached to an aromatic ring is 1. The zero-order valence-electron chi connectivity index (χ0n) is 11.2. The molecule has 0 radical (unpaired) electrons. The lowest BCUT2D eigenvalue weighted by atomic mass is 10.2. The first-order valence-electron chi connectivity index (χ1n) is 6.20. The summed E-state index contributed by atoms with van der Waals surface area (Å²) >= 11 is 1.14. The van der Waals surface area contributed by atoms with E-state index in [0.717, 1.165) is 23.9 Å². The van der Waals surface area contributed by atoms with E-state index in [1.165, 1.54) is 12.1 Å². The second-order valence-corrected chi connectivity index (χ2v) is 5.27. The van der Waals surface area contributed by atoms with Crippen molar-refractivity contribution in [2.45, 2.75) is 16.7 Å². The number of halogens is 2. The van der Waals surface area contributed by atoms with E-state index in [9.17, 15) is 13.6 Å². The maximum absolute atomic E-state index is 13.2. The Morgan fingerprint density at radius 1 is 1.19 bits per heavy atom. The monoisotopic (exact) mass is 309 g/mol. The number of rotatable bonds is 4. The third-order valence-electron chi connectivity index (χ3n) is 2.62. The number of esters is 1. The minimum absolute atomic E-state index is 0.239. The zero-order chi connectivity index (χ0) is 15.4. The Labute approximate surface area is 125 Å². The molecule has 0 aromatic heterocycles. The van der Waals surface area contributed by atoms with Crippen molar-refractivity contribution in [3.8, 4) is 0 Å². The van der Waals surface area contributed by atoms with Crippen LogP contribution >= 0.6 is 11.8 Å². The average Bonchev–Trinajstić information content (AvgIpc) is 2.45. The highest BCUT2D eigenvalue weighted by Gasteiger charge is 2.15. The van der Waals surface area contributed by atoms with Crippen LogP contribution in [0.2, 0.25) is 0 Å². The minimum atomic E-state index is -0.937. The number of benzene rings is 2. The first kappa shape index (κ1) is 15.3. The summed E-state index contributed by atoms with van der Waals surface area (Å²) < 4.78 is 31.1. The molecule has 21 heavy (non-hydrogen) atoms. The summed E-state index contributed by atoms with van der Waals surface area (Å²) in [4.78, 5) is 12.9. The Morgan fingerprint density at radius 2 is 1.95 bits per heavy atom. The van der Waals surface area contributed by atoms with Crippen molar-refractivity contribution in [1.29, 1.82) is 0 Å². The summed E-state index contributed by atoms with van der Waals surface area (Å²) in [5.41, 5.74) is 6.39. The maximum atomic E-state index is 13.2. The maximum Gasteiger partial charge on any atom is 0.339 e. The van der Waals surface area contributed by atoms with Crippen LogP contribution in [0.1, 0.15) is 17.3 Å². The lowest BCUT2D eigenvalue weighted by Crippen LogP contribution is -2.07. The molecule has 0 aliphatic rings. The molecule has 0 spiro atoms. The van der Waals surface area contributed by atoms with Crippen molar-refractivity contribution in [2.24, 2.45) is 0 Å². The summed E-state index contributed by atoms with van der Waals surface area (Å²) in [6, 6.07) is 8.33. The first-order chi connectivity index (χ1) is 10.0. The van der Waals surface area contributed by atoms with Gasteiger partial charge in [0.15, 0.2) is 11.6 Å². The van der Waals surface area contributed by atoms with Gasteiger partial charge in [-0.2, -0.15) is 0 Å². The van der Waals surface area contributed by atoms with Crippen molar-refractivity contribution in [2.75, 3.05) is 12.3 Å². The van der Waals surface area contributed by atoms with Crippen LogP contribution < -0.4 is 5.73 Å². The molecule has 0 saturated carbocycles. The molecular formula is C15H13F2NO2S. The predicted octanol–water partition coefficient (Wildman–Crippen LogP) is 3.87. The van der Waals surface area contributed by atoms with Crippen LogP contribution in [0.4, 0.5) is 14.5 Å². The molecule has 0 atom stereocenters. The highest BCUT2D eigenvalue weighted by atomic mass is 32.2. The molecule has 0 heterocycles. The molecule has 110 valence electrons. The average molecular weight is 309 g/mol. The molecule has 0 saturated heterocycles. The quantitative estimate of drug-likeness (QED) is 0.688. The summed E-state index contributed by atoms with van der Waals surface area (Å²) in [6.07, 6.45) is 0. The van der Waals surface area contributed by atoms with Gasteiger partial charge < -0.3 is 10.5 Å². The summed E-state index contributed by atoms with van der Waals surface area (Å²) in [7, 11) is 0. The van der Waals surface area contributed by atoms with E-state index in [1.807, 2.05) is 0 Å². The molecule has 0 aliphatic carbocycles. The van der Waals surface area contributed by atoms with Crippen molar-refractivity contribution in [3.63, 3.8) is 0 Å². The summed E-state index contributed by atoms with van der Waals surface area (Å²) in [5.74, 6) is -2.36. The number of carbonyl (C=O) groups is 1. The van der Waals surface area contributed by atoms with Crippen LogP contribution in [0, 0.1) is 11.6 Å². The normalized spacial score (nSPS) is 10.4. The number of carbonyl (C=O) groups excluding carboxylic acids is 1. The molecular weight excluding hydrogens is 296 g/mol. The smallest absolute Gasteiger partial charge is 0.339 e. The van der Waals surface area contributed by atoms with E-state index in [2.05, 4.69) is 0 Å². The van der Waals surface area contributed by atoms with Crippen LogP contribution in [-0.2, 0) is 4.74 Å². The van der Waals surface area contributed by atoms with Crippen molar-refractivity contribution in [1.82, 2.24) is 0 Å². The van der Waals surface area contributed by atoms with Crippen LogP contribution in [0.15, 0.2) is 46.2 Å². The van der Waals surface area contributed by atoms with E-state index in [4.69, 9.17) is 10.5 Å². The van der Waals surface area contributed by atoms with Crippen molar-refractivity contribution < 1.29 is 18.3 Å². The van der Waals surface area contributed by atoms with Crippen molar-refractivity contribution >= 4 is 23.4 Å². The Morgan fingerprint density at radius 3 is 2.62 bits per heavy atom. The topological polar surface area (TPSA) is 52.3 Å². The second-order valence-electron chi connectivity index (χ2n) is 4.15. The molecule has 0 unspecified atom stereocenters. The van der Waals surface area contributed by atoms with Gasteiger partial charge in [0.05, 0.1) is 12.2 Å². The number of hydrogen-bond donors (Lipinski definition) is 1. The van der Waals surface area contributed by atoms with Crippen molar-refractivity contribution in [3.05, 3.63) is 53.6 Å². The predicted molar refractivity (Wildman–Crippen MR) is 77.3 cm³/mol. The van der Waals surface area contributed by atoms with Gasteiger partial charge >= 0.3 is 5.97 Å². The Bertz CT molecular complexity index is 677. The van der Waals surface area contributed by atoms with Gasteiger partial charge in [0, 0.05) is 15.5 Å². The van der Waals surface area contributed by atoms with Gasteiger partial charge in [-0.1, -0.05) is 11.8 Å². The Balaban J connectivity index is 2.34. The Kier molecular flexibility index (Phi) is 4.80. The van der Waals surface area contributed by atoms with Gasteiger partial charge in [0.2, 0.25) is 0 Å². The number of anilines is 1. The number of nitrogens with two attached hydrogens (primary N) is 1. The van der Waals surface area contributed by atoms with Gasteiger partial charge in [-0.3, -0.25) is 0 Å². The fourth-order valence-electron chi connectivity index (χ4n) is 1.67. The minimum Gasteiger partial charge on any atom is -0.462 e. The molecule has 0 aliphatic heterocycles. The Hall–Kier alpha value is -2.08. The molecule has 0 fully saturated rings. The molecule has 0 bridgehead atoms. The molecule has 2 aromatic rings. The number of hydrogen-bond acceptors (Lipinski definition) is 4. The summed E-state index contributed by atoms with van der Waals surface area (Å²) in [6.45, 7) is 1.94. The lowest BCUT2D eigenvalue weighted by Gasteiger charge is -2.09. The zero-order valence-corrected chi connectivity index (χ0v) is 12.0. The molecule has 2 aromatic carbocycles. The van der Waals surface area contributed by atoms with Gasteiger partial charge in [-0.15, -0.1) is 0 Å². The second kappa shape index (κ2) is 6.58. The van der Waals surface area contributed by atoms with Crippen LogP contribution in [0.25, 0.3) is 0 Å². The van der Waals surface area contributed by atoms with E-state index < -0.39 is 17.6 Å². The standard InChI is InChI=1S/C15H13F2NO2S/c1-2-20-15(19)11-7-9(18)3-6-14(11)21-10-4-5-12(16)13(17)8-10/h3-8H,2,18H2,1H3. The SMILES string of the molecule is CCOC(=O)c1cc(N)ccc1Sc1ccc(F)c(F)c1. The van der Waals surface area contributed by atoms with Gasteiger partial charge in [0.25, 0.3) is 0 Å². The van der Waals surface area contributed by atoms with E-state index in [-0.39, 0.29) is 6.61 Å². The van der Waals surface area contributed by atoms with Crippen LogP contribution in [0.3, 0.4) is 0 Å². The van der Waals surface area contributed by atoms with E-state index in [0.29, 0.717) is 21.0 Å².